The highest BCUT2D eigenvalue weighted by molar-refractivity contribution is 5.85. The Morgan fingerprint density at radius 1 is 1.32 bits per heavy atom. The van der Waals surface area contributed by atoms with Gasteiger partial charge in [-0.15, -0.1) is 0 Å². The Balaban J connectivity index is 1.65. The number of rotatable bonds is 6. The van der Waals surface area contributed by atoms with Gasteiger partial charge in [-0.2, -0.15) is 0 Å². The fraction of sp³-hybridized carbons (Fsp3) is 0.429. The van der Waals surface area contributed by atoms with Crippen LogP contribution in [0.2, 0.25) is 0 Å². The molecule has 2 N–H and O–H groups in total. The van der Waals surface area contributed by atoms with E-state index in [-0.39, 0.29) is 25.0 Å². The maximum atomic E-state index is 11.5. The van der Waals surface area contributed by atoms with E-state index in [0.29, 0.717) is 11.8 Å². The van der Waals surface area contributed by atoms with Crippen molar-refractivity contribution in [3.05, 3.63) is 29.8 Å². The van der Waals surface area contributed by atoms with Crippen LogP contribution in [0.5, 0.6) is 5.75 Å². The summed E-state index contributed by atoms with van der Waals surface area (Å²) in [5.41, 5.74) is 1.07. The summed E-state index contributed by atoms with van der Waals surface area (Å²) in [5, 5.41) is 5.32. The van der Waals surface area contributed by atoms with Crippen molar-refractivity contribution in [2.45, 2.75) is 25.8 Å². The molecule has 102 valence electrons. The first-order chi connectivity index (χ1) is 9.13. The van der Waals surface area contributed by atoms with E-state index >= 15 is 0 Å². The lowest BCUT2D eigenvalue weighted by atomic mass is 10.2. The number of hydrogen-bond donors (Lipinski definition) is 2. The zero-order valence-electron chi connectivity index (χ0n) is 10.9. The largest absolute Gasteiger partial charge is 0.484 e. The molecule has 1 saturated carbocycles. The second kappa shape index (κ2) is 6.22. The van der Waals surface area contributed by atoms with Crippen molar-refractivity contribution in [2.24, 2.45) is 0 Å². The molecule has 0 radical (unpaired) electrons. The molecule has 2 amide bonds. The monoisotopic (exact) mass is 262 g/mol. The van der Waals surface area contributed by atoms with Gasteiger partial charge in [0, 0.05) is 6.04 Å². The third-order valence-corrected chi connectivity index (χ3v) is 2.75. The van der Waals surface area contributed by atoms with Crippen molar-refractivity contribution >= 4 is 11.8 Å². The van der Waals surface area contributed by atoms with Crippen molar-refractivity contribution in [1.82, 2.24) is 10.6 Å². The van der Waals surface area contributed by atoms with E-state index in [4.69, 9.17) is 4.74 Å². The van der Waals surface area contributed by atoms with E-state index in [1.54, 1.807) is 6.07 Å². The van der Waals surface area contributed by atoms with Gasteiger partial charge in [-0.1, -0.05) is 12.1 Å². The van der Waals surface area contributed by atoms with E-state index in [1.165, 1.54) is 0 Å². The topological polar surface area (TPSA) is 67.4 Å². The fourth-order valence-corrected chi connectivity index (χ4v) is 1.59. The van der Waals surface area contributed by atoms with Crippen LogP contribution < -0.4 is 15.4 Å². The number of hydrogen-bond acceptors (Lipinski definition) is 3. The Bertz CT molecular complexity index is 470. The highest BCUT2D eigenvalue weighted by Gasteiger charge is 2.23. The van der Waals surface area contributed by atoms with Crippen LogP contribution in [-0.4, -0.2) is 31.0 Å². The van der Waals surface area contributed by atoms with E-state index in [2.05, 4.69) is 10.6 Å². The van der Waals surface area contributed by atoms with E-state index in [0.717, 1.165) is 18.4 Å². The minimum atomic E-state index is -0.299. The molecule has 0 bridgehead atoms. The molecule has 2 rings (SSSR count). The van der Waals surface area contributed by atoms with Gasteiger partial charge in [-0.25, -0.2) is 0 Å². The molecule has 19 heavy (non-hydrogen) atoms. The normalized spacial score (nSPS) is 13.7. The Labute approximate surface area is 112 Å². The molecule has 5 heteroatoms. The summed E-state index contributed by atoms with van der Waals surface area (Å²) >= 11 is 0. The summed E-state index contributed by atoms with van der Waals surface area (Å²) in [7, 11) is 0. The van der Waals surface area contributed by atoms with Crippen molar-refractivity contribution in [1.29, 1.82) is 0 Å². The molecule has 0 aliphatic heterocycles. The smallest absolute Gasteiger partial charge is 0.258 e. The van der Waals surface area contributed by atoms with Crippen LogP contribution in [0.25, 0.3) is 0 Å². The summed E-state index contributed by atoms with van der Waals surface area (Å²) in [5.74, 6) is 0.205. The summed E-state index contributed by atoms with van der Waals surface area (Å²) in [6.45, 7) is 1.88. The zero-order chi connectivity index (χ0) is 13.7. The first-order valence-corrected chi connectivity index (χ1v) is 6.39. The molecule has 1 aromatic carbocycles. The molecule has 0 spiro atoms. The number of ether oxygens (including phenoxy) is 1. The van der Waals surface area contributed by atoms with Crippen molar-refractivity contribution in [3.63, 3.8) is 0 Å². The second-order valence-corrected chi connectivity index (χ2v) is 4.72. The SMILES string of the molecule is Cc1cccc(OCC(=O)NCC(=O)NC2CC2)c1. The van der Waals surface area contributed by atoms with Gasteiger partial charge < -0.3 is 15.4 Å². The Morgan fingerprint density at radius 2 is 2.11 bits per heavy atom. The molecular weight excluding hydrogens is 244 g/mol. The number of nitrogens with one attached hydrogen (secondary N) is 2. The Hall–Kier alpha value is -2.04. The second-order valence-electron chi connectivity index (χ2n) is 4.72. The molecule has 0 atom stereocenters. The third kappa shape index (κ3) is 4.99. The quantitative estimate of drug-likeness (QED) is 0.795. The van der Waals surface area contributed by atoms with Crippen molar-refractivity contribution < 1.29 is 14.3 Å². The molecule has 1 fully saturated rings. The van der Waals surface area contributed by atoms with Crippen LogP contribution >= 0.6 is 0 Å². The number of carbonyl (C=O) groups is 2. The van der Waals surface area contributed by atoms with E-state index < -0.39 is 0 Å². The lowest BCUT2D eigenvalue weighted by Gasteiger charge is -2.08. The number of amides is 2. The van der Waals surface area contributed by atoms with E-state index in [9.17, 15) is 9.59 Å². The van der Waals surface area contributed by atoms with Crippen LogP contribution in [0.4, 0.5) is 0 Å². The molecular formula is C14H18N2O3. The third-order valence-electron chi connectivity index (χ3n) is 2.75. The van der Waals surface area contributed by atoms with Crippen molar-refractivity contribution in [3.8, 4) is 5.75 Å². The summed E-state index contributed by atoms with van der Waals surface area (Å²) in [6, 6.07) is 7.78. The molecule has 1 aromatic rings. The van der Waals surface area contributed by atoms with Crippen LogP contribution in [0.15, 0.2) is 24.3 Å². The predicted molar refractivity (Wildman–Crippen MR) is 70.8 cm³/mol. The predicted octanol–water partition coefficient (Wildman–Crippen LogP) is 0.769. The molecule has 0 aromatic heterocycles. The van der Waals surface area contributed by atoms with Gasteiger partial charge in [-0.05, 0) is 37.5 Å². The van der Waals surface area contributed by atoms with E-state index in [1.807, 2.05) is 25.1 Å². The number of benzene rings is 1. The van der Waals surface area contributed by atoms with Gasteiger partial charge in [0.1, 0.15) is 5.75 Å². The Morgan fingerprint density at radius 3 is 2.79 bits per heavy atom. The minimum absolute atomic E-state index is 0.00646. The van der Waals surface area contributed by atoms with Gasteiger partial charge in [-0.3, -0.25) is 9.59 Å². The zero-order valence-corrected chi connectivity index (χ0v) is 10.9. The highest BCUT2D eigenvalue weighted by Crippen LogP contribution is 2.18. The van der Waals surface area contributed by atoms with Gasteiger partial charge in [0.15, 0.2) is 6.61 Å². The fourth-order valence-electron chi connectivity index (χ4n) is 1.59. The van der Waals surface area contributed by atoms with Gasteiger partial charge in [0.05, 0.1) is 6.54 Å². The maximum absolute atomic E-state index is 11.5. The average Bonchev–Trinajstić information content (AvgIpc) is 3.18. The average molecular weight is 262 g/mol. The highest BCUT2D eigenvalue weighted by atomic mass is 16.5. The molecule has 0 saturated heterocycles. The first kappa shape index (κ1) is 13.4. The number of carbonyl (C=O) groups excluding carboxylic acids is 2. The van der Waals surface area contributed by atoms with Gasteiger partial charge in [0.2, 0.25) is 5.91 Å². The van der Waals surface area contributed by atoms with Crippen LogP contribution in [-0.2, 0) is 9.59 Å². The molecule has 0 heterocycles. The number of aryl methyl sites for hydroxylation is 1. The van der Waals surface area contributed by atoms with Crippen LogP contribution in [0.3, 0.4) is 0 Å². The lowest BCUT2D eigenvalue weighted by molar-refractivity contribution is -0.127. The van der Waals surface area contributed by atoms with Crippen LogP contribution in [0.1, 0.15) is 18.4 Å². The molecule has 0 unspecified atom stereocenters. The lowest BCUT2D eigenvalue weighted by Crippen LogP contribution is -2.39. The standard InChI is InChI=1S/C14H18N2O3/c1-10-3-2-4-12(7-10)19-9-14(18)15-8-13(17)16-11-5-6-11/h2-4,7,11H,5-6,8-9H2,1H3,(H,15,18)(H,16,17). The maximum Gasteiger partial charge on any atom is 0.258 e. The summed E-state index contributed by atoms with van der Waals surface area (Å²) in [6.07, 6.45) is 2.08. The molecule has 1 aliphatic rings. The van der Waals surface area contributed by atoms with Gasteiger partial charge >= 0.3 is 0 Å². The molecule has 1 aliphatic carbocycles. The summed E-state index contributed by atoms with van der Waals surface area (Å²) < 4.78 is 5.33. The molecule has 5 nitrogen and oxygen atoms in total. The van der Waals surface area contributed by atoms with Crippen molar-refractivity contribution in [2.75, 3.05) is 13.2 Å². The van der Waals surface area contributed by atoms with Gasteiger partial charge in [0.25, 0.3) is 5.91 Å². The summed E-state index contributed by atoms with van der Waals surface area (Å²) in [4.78, 5) is 22.8. The first-order valence-electron chi connectivity index (χ1n) is 6.39. The van der Waals surface area contributed by atoms with Crippen LogP contribution in [0, 0.1) is 6.92 Å². The minimum Gasteiger partial charge on any atom is -0.484 e. The Kier molecular flexibility index (Phi) is 4.39.